The molecular weight excluding hydrogens is 306 g/mol. The van der Waals surface area contributed by atoms with Crippen LogP contribution >= 0.6 is 0 Å². The lowest BCUT2D eigenvalue weighted by Crippen LogP contribution is -2.41. The van der Waals surface area contributed by atoms with Gasteiger partial charge in [0.05, 0.1) is 24.9 Å². The summed E-state index contributed by atoms with van der Waals surface area (Å²) in [6.07, 6.45) is 3.42. The fourth-order valence-corrected chi connectivity index (χ4v) is 2.74. The molecule has 1 saturated heterocycles. The van der Waals surface area contributed by atoms with Gasteiger partial charge in [-0.25, -0.2) is 0 Å². The molecule has 0 aliphatic carbocycles. The Bertz CT molecular complexity index is 870. The lowest BCUT2D eigenvalue weighted by molar-refractivity contribution is 0.0299. The Morgan fingerprint density at radius 3 is 2.88 bits per heavy atom. The maximum absolute atomic E-state index is 12.5. The zero-order chi connectivity index (χ0) is 16.4. The highest BCUT2D eigenvalue weighted by Crippen LogP contribution is 2.21. The number of rotatable bonds is 3. The molecule has 1 aromatic carbocycles. The lowest BCUT2D eigenvalue weighted by Gasteiger charge is -2.26. The van der Waals surface area contributed by atoms with Gasteiger partial charge in [0.25, 0.3) is 5.91 Å². The van der Waals surface area contributed by atoms with Gasteiger partial charge in [-0.05, 0) is 30.3 Å². The Balaban J connectivity index is 1.54. The first-order valence-electron chi connectivity index (χ1n) is 7.83. The molecule has 2 aromatic heterocycles. The SMILES string of the molecule is O=C(c1cc(Nc2ccc3[nH]ncc3c2)ccn1)N1CCOCC1. The minimum atomic E-state index is -0.0627. The predicted octanol–water partition coefficient (Wildman–Crippen LogP) is 2.17. The lowest BCUT2D eigenvalue weighted by atomic mass is 10.2. The molecule has 1 amide bonds. The quantitative estimate of drug-likeness (QED) is 0.772. The third-order valence-corrected chi connectivity index (χ3v) is 4.01. The van der Waals surface area contributed by atoms with Crippen LogP contribution in [-0.2, 0) is 4.74 Å². The number of hydrogen-bond acceptors (Lipinski definition) is 5. The van der Waals surface area contributed by atoms with Crippen LogP contribution in [0.4, 0.5) is 11.4 Å². The van der Waals surface area contributed by atoms with Crippen LogP contribution in [0.15, 0.2) is 42.7 Å². The van der Waals surface area contributed by atoms with Crippen molar-refractivity contribution < 1.29 is 9.53 Å². The van der Waals surface area contributed by atoms with Crippen molar-refractivity contribution in [3.05, 3.63) is 48.4 Å². The van der Waals surface area contributed by atoms with Crippen LogP contribution in [-0.4, -0.2) is 52.3 Å². The van der Waals surface area contributed by atoms with E-state index in [2.05, 4.69) is 20.5 Å². The van der Waals surface area contributed by atoms with Gasteiger partial charge in [0.15, 0.2) is 0 Å². The highest BCUT2D eigenvalue weighted by atomic mass is 16.5. The molecule has 0 bridgehead atoms. The fourth-order valence-electron chi connectivity index (χ4n) is 2.74. The van der Waals surface area contributed by atoms with E-state index in [1.54, 1.807) is 23.4 Å². The average molecular weight is 323 g/mol. The van der Waals surface area contributed by atoms with E-state index >= 15 is 0 Å². The van der Waals surface area contributed by atoms with Gasteiger partial charge in [-0.2, -0.15) is 5.10 Å². The van der Waals surface area contributed by atoms with Gasteiger partial charge < -0.3 is 15.0 Å². The fraction of sp³-hybridized carbons (Fsp3) is 0.235. The van der Waals surface area contributed by atoms with Crippen molar-refractivity contribution >= 4 is 28.2 Å². The molecule has 24 heavy (non-hydrogen) atoms. The first-order valence-corrected chi connectivity index (χ1v) is 7.83. The number of anilines is 2. The summed E-state index contributed by atoms with van der Waals surface area (Å²) < 4.78 is 5.28. The standard InChI is InChI=1S/C17H17N5O2/c23-17(22-5-7-24-8-6-22)16-10-14(3-4-18-16)20-13-1-2-15-12(9-13)11-19-21-15/h1-4,9-11H,5-8H2,(H,18,20)(H,19,21). The smallest absolute Gasteiger partial charge is 0.272 e. The number of nitrogens with one attached hydrogen (secondary N) is 2. The Labute approximate surface area is 138 Å². The second-order valence-electron chi connectivity index (χ2n) is 5.63. The van der Waals surface area contributed by atoms with E-state index in [9.17, 15) is 4.79 Å². The molecule has 7 nitrogen and oxygen atoms in total. The van der Waals surface area contributed by atoms with Gasteiger partial charge in [-0.1, -0.05) is 0 Å². The third-order valence-electron chi connectivity index (χ3n) is 4.01. The number of H-pyrrole nitrogens is 1. The summed E-state index contributed by atoms with van der Waals surface area (Å²) in [7, 11) is 0. The molecule has 1 aliphatic heterocycles. The van der Waals surface area contributed by atoms with Gasteiger partial charge in [0.1, 0.15) is 5.69 Å². The van der Waals surface area contributed by atoms with E-state index in [0.29, 0.717) is 32.0 Å². The molecule has 0 radical (unpaired) electrons. The van der Waals surface area contributed by atoms with Gasteiger partial charge in [0.2, 0.25) is 0 Å². The van der Waals surface area contributed by atoms with Crippen LogP contribution < -0.4 is 5.32 Å². The van der Waals surface area contributed by atoms with Crippen molar-refractivity contribution in [3.63, 3.8) is 0 Å². The van der Waals surface area contributed by atoms with Gasteiger partial charge >= 0.3 is 0 Å². The Morgan fingerprint density at radius 1 is 1.17 bits per heavy atom. The van der Waals surface area contributed by atoms with Crippen LogP contribution in [0.25, 0.3) is 10.9 Å². The predicted molar refractivity (Wildman–Crippen MR) is 90.3 cm³/mol. The summed E-state index contributed by atoms with van der Waals surface area (Å²) >= 11 is 0. The number of morpholine rings is 1. The molecule has 122 valence electrons. The molecule has 1 aliphatic rings. The number of hydrogen-bond donors (Lipinski definition) is 2. The first-order chi connectivity index (χ1) is 11.8. The van der Waals surface area contributed by atoms with Crippen LogP contribution in [0.2, 0.25) is 0 Å². The Kier molecular flexibility index (Phi) is 3.84. The monoisotopic (exact) mass is 323 g/mol. The number of aromatic nitrogens is 3. The number of pyridine rings is 1. The van der Waals surface area contributed by atoms with Crippen molar-refractivity contribution in [1.29, 1.82) is 0 Å². The number of aromatic amines is 1. The number of carbonyl (C=O) groups is 1. The van der Waals surface area contributed by atoms with Gasteiger partial charge in [0, 0.05) is 36.0 Å². The van der Waals surface area contributed by atoms with Crippen LogP contribution in [0, 0.1) is 0 Å². The number of amides is 1. The van der Waals surface area contributed by atoms with Crippen molar-refractivity contribution in [2.24, 2.45) is 0 Å². The number of ether oxygens (including phenoxy) is 1. The molecule has 3 heterocycles. The van der Waals surface area contributed by atoms with Gasteiger partial charge in [-0.15, -0.1) is 0 Å². The van der Waals surface area contributed by atoms with E-state index in [4.69, 9.17) is 4.74 Å². The van der Waals surface area contributed by atoms with Crippen molar-refractivity contribution in [2.75, 3.05) is 31.6 Å². The maximum atomic E-state index is 12.5. The van der Waals surface area contributed by atoms with E-state index in [-0.39, 0.29) is 5.91 Å². The molecule has 0 spiro atoms. The summed E-state index contributed by atoms with van der Waals surface area (Å²) in [6, 6.07) is 9.55. The Morgan fingerprint density at radius 2 is 2.00 bits per heavy atom. The minimum absolute atomic E-state index is 0.0627. The highest BCUT2D eigenvalue weighted by molar-refractivity contribution is 5.93. The van der Waals surface area contributed by atoms with Crippen molar-refractivity contribution in [1.82, 2.24) is 20.1 Å². The molecule has 0 unspecified atom stereocenters. The summed E-state index contributed by atoms with van der Waals surface area (Å²) in [6.45, 7) is 2.37. The normalized spacial score (nSPS) is 14.8. The average Bonchev–Trinajstić information content (AvgIpc) is 3.10. The Hall–Kier alpha value is -2.93. The second-order valence-corrected chi connectivity index (χ2v) is 5.63. The third kappa shape index (κ3) is 2.93. The number of fused-ring (bicyclic) bond motifs is 1. The maximum Gasteiger partial charge on any atom is 0.272 e. The highest BCUT2D eigenvalue weighted by Gasteiger charge is 2.19. The minimum Gasteiger partial charge on any atom is -0.378 e. The summed E-state index contributed by atoms with van der Waals surface area (Å²) in [4.78, 5) is 18.5. The number of nitrogens with zero attached hydrogens (tertiary/aromatic N) is 3. The van der Waals surface area contributed by atoms with Gasteiger partial charge in [-0.3, -0.25) is 14.9 Å². The largest absolute Gasteiger partial charge is 0.378 e. The number of carbonyl (C=O) groups excluding carboxylic acids is 1. The molecule has 1 fully saturated rings. The van der Waals surface area contributed by atoms with Crippen molar-refractivity contribution in [3.8, 4) is 0 Å². The number of benzene rings is 1. The van der Waals surface area contributed by atoms with Crippen LogP contribution in [0.1, 0.15) is 10.5 Å². The van der Waals surface area contributed by atoms with E-state index < -0.39 is 0 Å². The van der Waals surface area contributed by atoms with E-state index in [1.165, 1.54) is 0 Å². The molecular formula is C17H17N5O2. The van der Waals surface area contributed by atoms with Crippen molar-refractivity contribution in [2.45, 2.75) is 0 Å². The molecule has 7 heteroatoms. The van der Waals surface area contributed by atoms with Crippen LogP contribution in [0.3, 0.4) is 0 Å². The molecule has 4 rings (SSSR count). The summed E-state index contributed by atoms with van der Waals surface area (Å²) in [5.74, 6) is -0.0627. The summed E-state index contributed by atoms with van der Waals surface area (Å²) in [5, 5.41) is 11.3. The topological polar surface area (TPSA) is 83.1 Å². The zero-order valence-electron chi connectivity index (χ0n) is 13.0. The first kappa shape index (κ1) is 14.6. The molecule has 0 atom stereocenters. The molecule has 0 saturated carbocycles. The van der Waals surface area contributed by atoms with E-state index in [1.807, 2.05) is 24.3 Å². The van der Waals surface area contributed by atoms with Crippen LogP contribution in [0.5, 0.6) is 0 Å². The van der Waals surface area contributed by atoms with E-state index in [0.717, 1.165) is 22.3 Å². The second kappa shape index (κ2) is 6.29. The molecule has 2 N–H and O–H groups in total. The summed E-state index contributed by atoms with van der Waals surface area (Å²) in [5.41, 5.74) is 3.18. The molecule has 3 aromatic rings. The zero-order valence-corrected chi connectivity index (χ0v) is 13.0.